The van der Waals surface area contributed by atoms with Crippen LogP contribution in [0.25, 0.3) is 11.0 Å². The summed E-state index contributed by atoms with van der Waals surface area (Å²) in [6.07, 6.45) is -4.53. The van der Waals surface area contributed by atoms with Crippen molar-refractivity contribution in [3.8, 4) is 0 Å². The zero-order valence-electron chi connectivity index (χ0n) is 16.8. The lowest BCUT2D eigenvalue weighted by Crippen LogP contribution is -2.44. The largest absolute Gasteiger partial charge is 0.416 e. The summed E-state index contributed by atoms with van der Waals surface area (Å²) in [5.41, 5.74) is 0.0761. The highest BCUT2D eigenvalue weighted by molar-refractivity contribution is 8.00. The molecule has 3 aromatic carbocycles. The van der Waals surface area contributed by atoms with E-state index in [1.54, 1.807) is 42.5 Å². The van der Waals surface area contributed by atoms with E-state index in [0.717, 1.165) is 27.9 Å². The molecule has 0 unspecified atom stereocenters. The molecule has 2 N–H and O–H groups in total. The molecule has 33 heavy (non-hydrogen) atoms. The molecule has 4 rings (SSSR count). The Morgan fingerprint density at radius 1 is 0.970 bits per heavy atom. The summed E-state index contributed by atoms with van der Waals surface area (Å²) in [5.74, 6) is -0.811. The molecule has 0 aliphatic carbocycles. The van der Waals surface area contributed by atoms with Gasteiger partial charge in [-0.2, -0.15) is 21.6 Å². The van der Waals surface area contributed by atoms with Crippen molar-refractivity contribution in [3.63, 3.8) is 0 Å². The minimum atomic E-state index is -4.53. The maximum Gasteiger partial charge on any atom is 0.416 e. The third-order valence-electron chi connectivity index (χ3n) is 4.64. The second-order valence-corrected chi connectivity index (χ2v) is 9.70. The van der Waals surface area contributed by atoms with Crippen LogP contribution in [-0.2, 0) is 21.0 Å². The molecule has 1 heterocycles. The van der Waals surface area contributed by atoms with Crippen LogP contribution >= 0.6 is 11.8 Å². The molecule has 0 saturated carbocycles. The van der Waals surface area contributed by atoms with Crippen LogP contribution in [0.15, 0.2) is 88.9 Å². The lowest BCUT2D eigenvalue weighted by atomic mass is 10.2. The first kappa shape index (κ1) is 22.9. The van der Waals surface area contributed by atoms with E-state index >= 15 is 0 Å². The predicted molar refractivity (Wildman–Crippen MR) is 118 cm³/mol. The van der Waals surface area contributed by atoms with Gasteiger partial charge in [-0.25, -0.2) is 4.98 Å². The first-order valence-electron chi connectivity index (χ1n) is 9.59. The number of H-pyrrole nitrogens is 1. The Balaban J connectivity index is 1.60. The minimum absolute atomic E-state index is 0.00291. The van der Waals surface area contributed by atoms with Gasteiger partial charge in [0.15, 0.2) is 11.0 Å². The number of hydrogen-bond donors (Lipinski definition) is 2. The van der Waals surface area contributed by atoms with Gasteiger partial charge in [-0.3, -0.25) is 4.79 Å². The van der Waals surface area contributed by atoms with Gasteiger partial charge in [-0.1, -0.05) is 36.4 Å². The maximum atomic E-state index is 13.3. The van der Waals surface area contributed by atoms with Crippen LogP contribution in [0.3, 0.4) is 0 Å². The molecule has 6 nitrogen and oxygen atoms in total. The Labute approximate surface area is 191 Å². The molecule has 170 valence electrons. The number of carbonyl (C=O) groups is 1. The number of nitrogens with zero attached hydrogens (tertiary/aromatic N) is 1. The predicted octanol–water partition coefficient (Wildman–Crippen LogP) is 4.44. The average molecular weight is 493 g/mol. The molecule has 4 aromatic rings. The van der Waals surface area contributed by atoms with Gasteiger partial charge in [-0.15, -0.1) is 3.97 Å². The van der Waals surface area contributed by atoms with Crippen LogP contribution in [0.2, 0.25) is 0 Å². The molecular weight excluding hydrogens is 475 g/mol. The van der Waals surface area contributed by atoms with Crippen molar-refractivity contribution in [3.05, 3.63) is 84.4 Å². The highest BCUT2D eigenvalue weighted by atomic mass is 32.2. The molecule has 0 aliphatic rings. The fourth-order valence-electron chi connectivity index (χ4n) is 3.17. The number of nitrogens with one attached hydrogen (secondary N) is 2. The number of para-hydroxylation sites is 2. The van der Waals surface area contributed by atoms with Crippen LogP contribution in [0.5, 0.6) is 0 Å². The van der Waals surface area contributed by atoms with Gasteiger partial charge in [-0.05, 0) is 54.2 Å². The fourth-order valence-corrected chi connectivity index (χ4v) is 5.75. The molecule has 1 aromatic heterocycles. The molecule has 0 atom stereocenters. The number of amides is 1. The summed E-state index contributed by atoms with van der Waals surface area (Å²) in [7, 11) is -3.97. The van der Waals surface area contributed by atoms with E-state index in [1.165, 1.54) is 24.3 Å². The van der Waals surface area contributed by atoms with Gasteiger partial charge in [0.05, 0.1) is 11.3 Å². The molecule has 0 bridgehead atoms. The monoisotopic (exact) mass is 492 g/mol. The lowest BCUT2D eigenvalue weighted by Gasteiger charge is -2.09. The van der Waals surface area contributed by atoms with Gasteiger partial charge < -0.3 is 5.32 Å². The Hall–Kier alpha value is -3.31. The second-order valence-electron chi connectivity index (χ2n) is 6.95. The van der Waals surface area contributed by atoms with Gasteiger partial charge in [0, 0.05) is 5.69 Å². The molecule has 1 amide bonds. The molecule has 0 aliphatic heterocycles. The number of carbonyl (C=O) groups excluding carboxylic acids is 1. The number of imidazole rings is 1. The van der Waals surface area contributed by atoms with E-state index in [2.05, 4.69) is 10.3 Å². The van der Waals surface area contributed by atoms with Crippen molar-refractivity contribution in [2.75, 3.05) is 11.1 Å². The highest BCUT2D eigenvalue weighted by Crippen LogP contribution is 2.30. The number of benzene rings is 3. The number of aromatic nitrogens is 2. The van der Waals surface area contributed by atoms with Crippen LogP contribution in [-0.4, -0.2) is 25.1 Å². The summed E-state index contributed by atoms with van der Waals surface area (Å²) in [6.45, 7) is 0. The Morgan fingerprint density at radius 3 is 2.39 bits per heavy atom. The summed E-state index contributed by atoms with van der Waals surface area (Å²) < 4.78 is 66.4. The highest BCUT2D eigenvalue weighted by Gasteiger charge is 2.32. The van der Waals surface area contributed by atoms with Crippen molar-refractivity contribution in [1.82, 2.24) is 4.98 Å². The summed E-state index contributed by atoms with van der Waals surface area (Å²) in [6, 6.07) is 18.9. The SMILES string of the molecule is O=C(CSc1[nH]c2ccccc2[n+]1S(=O)(=O)c1ccccc1)Nc1cccc(C(F)(F)F)c1. The number of thioether (sulfide) groups is 1. The van der Waals surface area contributed by atoms with E-state index in [1.807, 2.05) is 0 Å². The van der Waals surface area contributed by atoms with E-state index in [0.29, 0.717) is 11.0 Å². The standard InChI is InChI=1S/C22H16F3N3O3S2/c23-22(24,25)15-7-6-8-16(13-15)26-20(29)14-32-21-27-18-11-4-5-12-19(18)28(21)33(30,31)17-9-2-1-3-10-17/h1-13H,14H2,(H,26,29)/p+1. The smallest absolute Gasteiger partial charge is 0.325 e. The molecular formula is C22H17F3N3O3S2+. The summed E-state index contributed by atoms with van der Waals surface area (Å²) in [4.78, 5) is 15.5. The summed E-state index contributed by atoms with van der Waals surface area (Å²) in [5, 5.41) is 2.61. The number of alkyl halides is 3. The topological polar surface area (TPSA) is 82.9 Å². The Bertz CT molecular complexity index is 1420. The average Bonchev–Trinajstić information content (AvgIpc) is 3.17. The summed E-state index contributed by atoms with van der Waals surface area (Å²) >= 11 is 0.925. The van der Waals surface area contributed by atoms with E-state index in [-0.39, 0.29) is 21.5 Å². The number of fused-ring (bicyclic) bond motifs is 1. The van der Waals surface area contributed by atoms with Gasteiger partial charge >= 0.3 is 21.4 Å². The Kier molecular flexibility index (Phi) is 6.17. The van der Waals surface area contributed by atoms with E-state index in [4.69, 9.17) is 0 Å². The maximum absolute atomic E-state index is 13.3. The van der Waals surface area contributed by atoms with Crippen LogP contribution in [0, 0.1) is 0 Å². The van der Waals surface area contributed by atoms with E-state index in [9.17, 15) is 26.4 Å². The third kappa shape index (κ3) is 4.88. The zero-order valence-corrected chi connectivity index (χ0v) is 18.5. The first-order valence-corrected chi connectivity index (χ1v) is 12.0. The van der Waals surface area contributed by atoms with Crippen LogP contribution in [0.4, 0.5) is 18.9 Å². The normalized spacial score (nSPS) is 12.1. The first-order chi connectivity index (χ1) is 15.7. The van der Waals surface area contributed by atoms with Crippen molar-refractivity contribution < 1.29 is 30.4 Å². The van der Waals surface area contributed by atoms with Crippen molar-refractivity contribution in [2.45, 2.75) is 16.2 Å². The van der Waals surface area contributed by atoms with Crippen molar-refractivity contribution in [2.24, 2.45) is 0 Å². The quantitative estimate of drug-likeness (QED) is 0.308. The molecule has 0 saturated heterocycles. The van der Waals surface area contributed by atoms with Crippen molar-refractivity contribution in [1.29, 1.82) is 0 Å². The van der Waals surface area contributed by atoms with Crippen LogP contribution in [0.1, 0.15) is 5.56 Å². The number of rotatable bonds is 6. The minimum Gasteiger partial charge on any atom is -0.325 e. The second kappa shape index (κ2) is 8.91. The molecule has 0 fully saturated rings. The number of halogens is 3. The van der Waals surface area contributed by atoms with Crippen molar-refractivity contribution >= 4 is 44.4 Å². The van der Waals surface area contributed by atoms with Crippen LogP contribution < -0.4 is 9.29 Å². The Morgan fingerprint density at radius 2 is 1.67 bits per heavy atom. The fraction of sp³-hybridized carbons (Fsp3) is 0.0909. The zero-order chi connectivity index (χ0) is 23.6. The molecule has 0 spiro atoms. The molecule has 11 heteroatoms. The lowest BCUT2D eigenvalue weighted by molar-refractivity contribution is -0.526. The van der Waals surface area contributed by atoms with E-state index < -0.39 is 27.7 Å². The number of aromatic amines is 1. The number of hydrogen-bond acceptors (Lipinski definition) is 4. The van der Waals surface area contributed by atoms with Gasteiger partial charge in [0.1, 0.15) is 4.90 Å². The van der Waals surface area contributed by atoms with Gasteiger partial charge in [0.2, 0.25) is 5.91 Å². The van der Waals surface area contributed by atoms with Gasteiger partial charge in [0.25, 0.3) is 0 Å². The number of anilines is 1. The third-order valence-corrected chi connectivity index (χ3v) is 7.45. The molecule has 0 radical (unpaired) electrons.